The van der Waals surface area contributed by atoms with E-state index in [1.165, 1.54) is 25.7 Å². The summed E-state index contributed by atoms with van der Waals surface area (Å²) >= 11 is 0. The summed E-state index contributed by atoms with van der Waals surface area (Å²) in [5.41, 5.74) is 0.265. The molecule has 0 saturated heterocycles. The predicted molar refractivity (Wildman–Crippen MR) is 73.4 cm³/mol. The minimum atomic E-state index is 0.265. The van der Waals surface area contributed by atoms with Crippen molar-refractivity contribution in [3.8, 4) is 0 Å². The van der Waals surface area contributed by atoms with Gasteiger partial charge < -0.3 is 15.0 Å². The molecule has 0 spiro atoms. The second kappa shape index (κ2) is 6.72. The highest BCUT2D eigenvalue weighted by Gasteiger charge is 2.42. The monoisotopic (exact) mass is 242 g/mol. The summed E-state index contributed by atoms with van der Waals surface area (Å²) in [6.07, 6.45) is 5.27. The minimum Gasteiger partial charge on any atom is -0.380 e. The number of rotatable bonds is 6. The largest absolute Gasteiger partial charge is 0.380 e. The van der Waals surface area contributed by atoms with Gasteiger partial charge in [0.15, 0.2) is 0 Å². The summed E-state index contributed by atoms with van der Waals surface area (Å²) in [4.78, 5) is 2.42. The Balaban J connectivity index is 2.80. The number of hydrogen-bond donors (Lipinski definition) is 1. The first-order valence-corrected chi connectivity index (χ1v) is 6.99. The molecular weight excluding hydrogens is 212 g/mol. The van der Waals surface area contributed by atoms with Crippen molar-refractivity contribution in [1.82, 2.24) is 10.2 Å². The first-order chi connectivity index (χ1) is 8.06. The highest BCUT2D eigenvalue weighted by Crippen LogP contribution is 2.38. The van der Waals surface area contributed by atoms with Crippen molar-refractivity contribution in [2.24, 2.45) is 5.92 Å². The van der Waals surface area contributed by atoms with E-state index in [0.717, 1.165) is 19.1 Å². The second-order valence-electron chi connectivity index (χ2n) is 5.70. The number of likely N-dealkylation sites (N-methyl/N-ethyl adjacent to an activating group) is 2. The summed E-state index contributed by atoms with van der Waals surface area (Å²) in [5, 5.41) is 3.48. The Kier molecular flexibility index (Phi) is 5.90. The Morgan fingerprint density at radius 3 is 2.65 bits per heavy atom. The van der Waals surface area contributed by atoms with E-state index < -0.39 is 0 Å². The Morgan fingerprint density at radius 2 is 2.18 bits per heavy atom. The third kappa shape index (κ3) is 3.43. The van der Waals surface area contributed by atoms with Gasteiger partial charge in [0.2, 0.25) is 0 Å². The van der Waals surface area contributed by atoms with E-state index in [4.69, 9.17) is 4.74 Å². The van der Waals surface area contributed by atoms with Crippen LogP contribution < -0.4 is 5.32 Å². The van der Waals surface area contributed by atoms with Gasteiger partial charge in [0.05, 0.1) is 6.61 Å². The highest BCUT2D eigenvalue weighted by atomic mass is 16.5. The number of hydrogen-bond acceptors (Lipinski definition) is 3. The van der Waals surface area contributed by atoms with Crippen LogP contribution in [-0.2, 0) is 4.74 Å². The molecule has 3 atom stereocenters. The minimum absolute atomic E-state index is 0.265. The summed E-state index contributed by atoms with van der Waals surface area (Å²) in [5.74, 6) is 0.823. The van der Waals surface area contributed by atoms with Gasteiger partial charge in [-0.05, 0) is 46.8 Å². The summed E-state index contributed by atoms with van der Waals surface area (Å²) < 4.78 is 5.66. The summed E-state index contributed by atoms with van der Waals surface area (Å²) in [7, 11) is 6.50. The van der Waals surface area contributed by atoms with E-state index in [9.17, 15) is 0 Å². The SMILES string of the molecule is CCOCC(NC)C1(N(C)C)CCCC(C)C1. The van der Waals surface area contributed by atoms with Crippen LogP contribution in [0.1, 0.15) is 39.5 Å². The number of nitrogens with one attached hydrogen (secondary N) is 1. The Hall–Kier alpha value is -0.120. The molecule has 3 heteroatoms. The molecule has 1 aliphatic rings. The van der Waals surface area contributed by atoms with Crippen molar-refractivity contribution in [2.45, 2.75) is 51.1 Å². The average Bonchev–Trinajstić information content (AvgIpc) is 2.29. The van der Waals surface area contributed by atoms with Crippen LogP contribution in [-0.4, -0.2) is 50.8 Å². The molecular formula is C14H30N2O. The molecule has 17 heavy (non-hydrogen) atoms. The van der Waals surface area contributed by atoms with E-state index in [1.54, 1.807) is 0 Å². The van der Waals surface area contributed by atoms with Gasteiger partial charge in [-0.1, -0.05) is 19.8 Å². The fraction of sp³-hybridized carbons (Fsp3) is 1.00. The first-order valence-electron chi connectivity index (χ1n) is 6.99. The number of nitrogens with zero attached hydrogens (tertiary/aromatic N) is 1. The Labute approximate surface area is 107 Å². The van der Waals surface area contributed by atoms with Gasteiger partial charge in [-0.2, -0.15) is 0 Å². The molecule has 1 rings (SSSR count). The summed E-state index contributed by atoms with van der Waals surface area (Å²) in [6.45, 7) is 6.07. The molecule has 1 saturated carbocycles. The lowest BCUT2D eigenvalue weighted by Gasteiger charge is -2.50. The molecule has 0 amide bonds. The van der Waals surface area contributed by atoms with Gasteiger partial charge in [0.1, 0.15) is 0 Å². The van der Waals surface area contributed by atoms with Crippen LogP contribution in [0.5, 0.6) is 0 Å². The molecule has 0 heterocycles. The molecule has 1 N–H and O–H groups in total. The maximum Gasteiger partial charge on any atom is 0.0637 e. The summed E-state index contributed by atoms with van der Waals surface area (Å²) in [6, 6.07) is 0.431. The standard InChI is InChI=1S/C14H30N2O/c1-6-17-11-13(15-3)14(16(4)5)9-7-8-12(2)10-14/h12-13,15H,6-11H2,1-5H3. The van der Waals surface area contributed by atoms with Gasteiger partial charge in [-0.25, -0.2) is 0 Å². The van der Waals surface area contributed by atoms with Gasteiger partial charge in [0, 0.05) is 18.2 Å². The normalized spacial score (nSPS) is 31.8. The Bertz CT molecular complexity index is 220. The van der Waals surface area contributed by atoms with Crippen LogP contribution >= 0.6 is 0 Å². The van der Waals surface area contributed by atoms with Crippen LogP contribution in [0.25, 0.3) is 0 Å². The van der Waals surface area contributed by atoms with E-state index >= 15 is 0 Å². The van der Waals surface area contributed by atoms with Crippen LogP contribution in [0.2, 0.25) is 0 Å². The quantitative estimate of drug-likeness (QED) is 0.772. The molecule has 0 aliphatic heterocycles. The lowest BCUT2D eigenvalue weighted by atomic mass is 9.71. The van der Waals surface area contributed by atoms with E-state index in [2.05, 4.69) is 45.2 Å². The molecule has 1 fully saturated rings. The molecule has 3 nitrogen and oxygen atoms in total. The lowest BCUT2D eigenvalue weighted by molar-refractivity contribution is 0.000683. The average molecular weight is 242 g/mol. The predicted octanol–water partition coefficient (Wildman–Crippen LogP) is 2.12. The van der Waals surface area contributed by atoms with Gasteiger partial charge in [0.25, 0.3) is 0 Å². The van der Waals surface area contributed by atoms with Gasteiger partial charge >= 0.3 is 0 Å². The third-order valence-corrected chi connectivity index (χ3v) is 4.38. The number of ether oxygens (including phenoxy) is 1. The topological polar surface area (TPSA) is 24.5 Å². The van der Waals surface area contributed by atoms with Crippen molar-refractivity contribution < 1.29 is 4.74 Å². The molecule has 0 radical (unpaired) electrons. The zero-order valence-electron chi connectivity index (χ0n) is 12.3. The fourth-order valence-electron chi connectivity index (χ4n) is 3.34. The lowest BCUT2D eigenvalue weighted by Crippen LogP contribution is -2.62. The maximum absolute atomic E-state index is 5.66. The van der Waals surface area contributed by atoms with Crippen molar-refractivity contribution >= 4 is 0 Å². The molecule has 0 aromatic carbocycles. The first kappa shape index (κ1) is 14.9. The van der Waals surface area contributed by atoms with Crippen molar-refractivity contribution in [3.05, 3.63) is 0 Å². The molecule has 0 aromatic rings. The maximum atomic E-state index is 5.66. The third-order valence-electron chi connectivity index (χ3n) is 4.38. The zero-order chi connectivity index (χ0) is 12.9. The van der Waals surface area contributed by atoms with Crippen LogP contribution in [0.3, 0.4) is 0 Å². The van der Waals surface area contributed by atoms with Crippen LogP contribution in [0.4, 0.5) is 0 Å². The van der Waals surface area contributed by atoms with Crippen LogP contribution in [0.15, 0.2) is 0 Å². The van der Waals surface area contributed by atoms with Gasteiger partial charge in [-0.15, -0.1) is 0 Å². The van der Waals surface area contributed by atoms with Gasteiger partial charge in [-0.3, -0.25) is 0 Å². The zero-order valence-corrected chi connectivity index (χ0v) is 12.3. The molecule has 3 unspecified atom stereocenters. The molecule has 0 aromatic heterocycles. The van der Waals surface area contributed by atoms with Crippen LogP contribution in [0, 0.1) is 5.92 Å². The second-order valence-corrected chi connectivity index (χ2v) is 5.70. The van der Waals surface area contributed by atoms with Crippen molar-refractivity contribution in [2.75, 3.05) is 34.4 Å². The molecule has 102 valence electrons. The Morgan fingerprint density at radius 1 is 1.47 bits per heavy atom. The molecule has 1 aliphatic carbocycles. The van der Waals surface area contributed by atoms with Crippen molar-refractivity contribution in [3.63, 3.8) is 0 Å². The van der Waals surface area contributed by atoms with E-state index in [1.807, 2.05) is 0 Å². The smallest absolute Gasteiger partial charge is 0.0637 e. The molecule has 0 bridgehead atoms. The van der Waals surface area contributed by atoms with E-state index in [0.29, 0.717) is 6.04 Å². The highest BCUT2D eigenvalue weighted by molar-refractivity contribution is 5.01. The fourth-order valence-corrected chi connectivity index (χ4v) is 3.34. The van der Waals surface area contributed by atoms with Crippen molar-refractivity contribution in [1.29, 1.82) is 0 Å². The van der Waals surface area contributed by atoms with E-state index in [-0.39, 0.29) is 5.54 Å².